The number of aliphatic hydroxyl groups excluding tert-OH is 1. The molecule has 0 bridgehead atoms. The van der Waals surface area contributed by atoms with Crippen molar-refractivity contribution in [2.75, 3.05) is 6.61 Å². The van der Waals surface area contributed by atoms with E-state index in [0.29, 0.717) is 0 Å². The number of halogens is 12. The third kappa shape index (κ3) is 2.50. The van der Waals surface area contributed by atoms with Crippen LogP contribution in [0.15, 0.2) is 0 Å². The Hall–Kier alpha value is -0.880. The van der Waals surface area contributed by atoms with Gasteiger partial charge in [-0.05, 0) is 0 Å². The maximum absolute atomic E-state index is 12.9. The summed E-state index contributed by atoms with van der Waals surface area (Å²) >= 11 is 0. The van der Waals surface area contributed by atoms with Gasteiger partial charge >= 0.3 is 35.5 Å². The van der Waals surface area contributed by atoms with E-state index in [1.807, 2.05) is 0 Å². The Labute approximate surface area is 114 Å². The lowest BCUT2D eigenvalue weighted by atomic mass is 9.91. The van der Waals surface area contributed by atoms with Crippen molar-refractivity contribution in [2.24, 2.45) is 0 Å². The zero-order valence-corrected chi connectivity index (χ0v) is 10.4. The van der Waals surface area contributed by atoms with Gasteiger partial charge in [-0.1, -0.05) is 6.92 Å². The monoisotopic (exact) mass is 360 g/mol. The van der Waals surface area contributed by atoms with E-state index in [2.05, 4.69) is 0 Å². The fraction of sp³-hybridized carbons (Fsp3) is 1.00. The first kappa shape index (κ1) is 21.1. The lowest BCUT2D eigenvalue weighted by molar-refractivity contribution is -0.426. The molecule has 1 nitrogen and oxygen atoms in total. The van der Waals surface area contributed by atoms with Gasteiger partial charge in [-0.3, -0.25) is 0 Å². The Bertz CT molecular complexity index is 363. The van der Waals surface area contributed by atoms with Gasteiger partial charge in [0.05, 0.1) is 0 Å². The second-order valence-electron chi connectivity index (χ2n) is 4.22. The highest BCUT2D eigenvalue weighted by molar-refractivity contribution is 5.11. The van der Waals surface area contributed by atoms with Gasteiger partial charge < -0.3 is 5.11 Å². The van der Waals surface area contributed by atoms with Crippen molar-refractivity contribution in [3.8, 4) is 0 Å². The molecule has 0 fully saturated rings. The second kappa shape index (κ2) is 5.34. The summed E-state index contributed by atoms with van der Waals surface area (Å²) in [4.78, 5) is 0. The predicted molar refractivity (Wildman–Crippen MR) is 47.1 cm³/mol. The Morgan fingerprint density at radius 1 is 0.545 bits per heavy atom. The van der Waals surface area contributed by atoms with Crippen LogP contribution in [-0.2, 0) is 0 Å². The quantitative estimate of drug-likeness (QED) is 0.675. The lowest BCUT2D eigenvalue weighted by Gasteiger charge is -2.40. The fourth-order valence-corrected chi connectivity index (χ4v) is 1.18. The molecular formula is C9H8F12O. The molecule has 1 N–H and O–H groups in total. The molecule has 13 heteroatoms. The summed E-state index contributed by atoms with van der Waals surface area (Å²) in [6.07, 6.45) is -2.16. The van der Waals surface area contributed by atoms with Crippen LogP contribution < -0.4 is 0 Å². The van der Waals surface area contributed by atoms with Gasteiger partial charge in [0.2, 0.25) is 0 Å². The van der Waals surface area contributed by atoms with Crippen LogP contribution in [0.3, 0.4) is 0 Å². The first-order valence-electron chi connectivity index (χ1n) is 5.25. The second-order valence-corrected chi connectivity index (χ2v) is 4.22. The zero-order chi connectivity index (χ0) is 18.4. The average molecular weight is 360 g/mol. The smallest absolute Gasteiger partial charge is 0.384 e. The van der Waals surface area contributed by atoms with Crippen molar-refractivity contribution in [3.63, 3.8) is 0 Å². The van der Waals surface area contributed by atoms with Gasteiger partial charge in [0.1, 0.15) is 6.61 Å². The van der Waals surface area contributed by atoms with Crippen LogP contribution in [0.4, 0.5) is 52.7 Å². The molecule has 0 spiro atoms. The number of aliphatic hydroxyl groups is 1. The predicted octanol–water partition coefficient (Wildman–Crippen LogP) is 4.20. The van der Waals surface area contributed by atoms with Gasteiger partial charge in [0.15, 0.2) is 0 Å². The van der Waals surface area contributed by atoms with Crippen molar-refractivity contribution in [1.29, 1.82) is 0 Å². The molecule has 0 aromatic heterocycles. The molecule has 22 heavy (non-hydrogen) atoms. The molecule has 0 atom stereocenters. The zero-order valence-electron chi connectivity index (χ0n) is 10.4. The summed E-state index contributed by atoms with van der Waals surface area (Å²) in [5.74, 6) is -41.6. The summed E-state index contributed by atoms with van der Waals surface area (Å²) in [5.41, 5.74) is 0. The van der Waals surface area contributed by atoms with Gasteiger partial charge in [-0.15, -0.1) is 0 Å². The van der Waals surface area contributed by atoms with E-state index >= 15 is 0 Å². The number of rotatable bonds is 7. The number of hydrogen-bond donors (Lipinski definition) is 1. The molecule has 0 unspecified atom stereocenters. The third-order valence-corrected chi connectivity index (χ3v) is 2.74. The largest absolute Gasteiger partial charge is 0.390 e. The molecule has 0 aromatic carbocycles. The van der Waals surface area contributed by atoms with Crippen LogP contribution in [0.5, 0.6) is 0 Å². The van der Waals surface area contributed by atoms with Crippen molar-refractivity contribution in [3.05, 3.63) is 0 Å². The van der Waals surface area contributed by atoms with Crippen LogP contribution in [0.25, 0.3) is 0 Å². The van der Waals surface area contributed by atoms with Gasteiger partial charge in [-0.25, -0.2) is 0 Å². The number of alkyl halides is 12. The third-order valence-electron chi connectivity index (χ3n) is 2.74. The van der Waals surface area contributed by atoms with Crippen LogP contribution in [0.2, 0.25) is 0 Å². The molecular weight excluding hydrogens is 352 g/mol. The number of hydrogen-bond acceptors (Lipinski definition) is 1. The first-order chi connectivity index (χ1) is 9.37. The fourth-order valence-electron chi connectivity index (χ4n) is 1.18. The van der Waals surface area contributed by atoms with Crippen molar-refractivity contribution in [1.82, 2.24) is 0 Å². The molecule has 0 radical (unpaired) electrons. The molecule has 0 aliphatic carbocycles. The van der Waals surface area contributed by atoms with Gasteiger partial charge in [0, 0.05) is 6.42 Å². The van der Waals surface area contributed by atoms with E-state index < -0.39 is 48.6 Å². The van der Waals surface area contributed by atoms with Crippen molar-refractivity contribution < 1.29 is 57.8 Å². The molecule has 0 rings (SSSR count). The average Bonchev–Trinajstić information content (AvgIpc) is 2.37. The maximum atomic E-state index is 12.9. The molecule has 0 heterocycles. The van der Waals surface area contributed by atoms with Crippen LogP contribution in [-0.4, -0.2) is 47.2 Å². The molecule has 0 saturated carbocycles. The van der Waals surface area contributed by atoms with Crippen molar-refractivity contribution >= 4 is 0 Å². The summed E-state index contributed by atoms with van der Waals surface area (Å²) in [6.45, 7) is -2.95. The van der Waals surface area contributed by atoms with E-state index in [0.717, 1.165) is 0 Å². The van der Waals surface area contributed by atoms with E-state index in [4.69, 9.17) is 5.11 Å². The Kier molecular flexibility index (Phi) is 5.12. The van der Waals surface area contributed by atoms with Gasteiger partial charge in [-0.2, -0.15) is 52.7 Å². The van der Waals surface area contributed by atoms with Crippen LogP contribution in [0.1, 0.15) is 13.3 Å². The van der Waals surface area contributed by atoms with Crippen LogP contribution >= 0.6 is 0 Å². The van der Waals surface area contributed by atoms with E-state index in [9.17, 15) is 52.7 Å². The molecule has 0 aromatic rings. The van der Waals surface area contributed by atoms with E-state index in [-0.39, 0.29) is 6.92 Å². The Balaban J connectivity index is 6.19. The maximum Gasteiger partial charge on any atom is 0.384 e. The van der Waals surface area contributed by atoms with E-state index in [1.54, 1.807) is 0 Å². The Morgan fingerprint density at radius 2 is 0.818 bits per heavy atom. The van der Waals surface area contributed by atoms with Crippen molar-refractivity contribution in [2.45, 2.75) is 48.9 Å². The summed E-state index contributed by atoms with van der Waals surface area (Å²) in [6, 6.07) is 0. The topological polar surface area (TPSA) is 20.2 Å². The highest BCUT2D eigenvalue weighted by Gasteiger charge is 2.89. The summed E-state index contributed by atoms with van der Waals surface area (Å²) in [7, 11) is 0. The first-order valence-corrected chi connectivity index (χ1v) is 5.25. The van der Waals surface area contributed by atoms with Gasteiger partial charge in [0.25, 0.3) is 0 Å². The molecule has 0 amide bonds. The highest BCUT2D eigenvalue weighted by atomic mass is 19.4. The molecule has 0 saturated heterocycles. The highest BCUT2D eigenvalue weighted by Crippen LogP contribution is 2.60. The minimum absolute atomic E-state index is 0.155. The molecule has 0 aliphatic heterocycles. The van der Waals surface area contributed by atoms with Crippen LogP contribution in [0, 0.1) is 0 Å². The summed E-state index contributed by atoms with van der Waals surface area (Å²) < 4.78 is 153. The minimum Gasteiger partial charge on any atom is -0.390 e. The Morgan fingerprint density at radius 3 is 1.05 bits per heavy atom. The minimum atomic E-state index is -7.59. The molecule has 134 valence electrons. The standard InChI is InChI=1S/C9H8F12O/c1-2-4(10,11)6(14,15)8(18,19)9(20,21)7(16,17)5(12,13)3-22/h22H,2-3H2,1H3. The van der Waals surface area contributed by atoms with E-state index in [1.165, 1.54) is 0 Å². The normalized spacial score (nSPS) is 16.1. The SMILES string of the molecule is CCC(F)(F)C(F)(F)C(F)(F)C(F)(F)C(F)(F)C(F)(F)CO. The lowest BCUT2D eigenvalue weighted by Crippen LogP contribution is -2.71. The summed E-state index contributed by atoms with van der Waals surface area (Å²) in [5, 5.41) is 7.82. The molecule has 0 aliphatic rings.